The Bertz CT molecular complexity index is 896. The molecule has 1 unspecified atom stereocenters. The highest BCUT2D eigenvalue weighted by atomic mass is 35.5. The van der Waals surface area contributed by atoms with Crippen molar-refractivity contribution in [2.24, 2.45) is 0 Å². The fourth-order valence-corrected chi connectivity index (χ4v) is 3.53. The van der Waals surface area contributed by atoms with E-state index in [-0.39, 0.29) is 6.47 Å². The zero-order chi connectivity index (χ0) is 18.5. The molecule has 3 aromatic rings. The maximum absolute atomic E-state index is 8.36. The van der Waals surface area contributed by atoms with Crippen LogP contribution in [0.3, 0.4) is 0 Å². The number of piperidine rings is 1. The van der Waals surface area contributed by atoms with E-state index in [9.17, 15) is 0 Å². The summed E-state index contributed by atoms with van der Waals surface area (Å²) in [5.74, 6) is 0.511. The van der Waals surface area contributed by atoms with Gasteiger partial charge in [0, 0.05) is 24.4 Å². The largest absolute Gasteiger partial charge is 0.483 e. The number of hydrogen-bond donors (Lipinski definition) is 1. The summed E-state index contributed by atoms with van der Waals surface area (Å²) in [6.07, 6.45) is 6.20. The van der Waals surface area contributed by atoms with Crippen LogP contribution in [0.5, 0.6) is 0 Å². The van der Waals surface area contributed by atoms with Crippen LogP contribution in [0, 0.1) is 0 Å². The Hall–Kier alpha value is -2.44. The third-order valence-corrected chi connectivity index (χ3v) is 4.77. The van der Waals surface area contributed by atoms with Crippen molar-refractivity contribution >= 4 is 23.7 Å². The van der Waals surface area contributed by atoms with Gasteiger partial charge in [0.05, 0.1) is 22.6 Å². The van der Waals surface area contributed by atoms with Gasteiger partial charge in [-0.25, -0.2) is 4.98 Å². The smallest absolute Gasteiger partial charge is 0.290 e. The average molecular weight is 373 g/mol. The molecule has 0 bridgehead atoms. The minimum absolute atomic E-state index is 0.250. The topological polar surface area (TPSA) is 70.7 Å². The Morgan fingerprint density at radius 2 is 2.12 bits per heavy atom. The van der Waals surface area contributed by atoms with Gasteiger partial charge in [-0.05, 0) is 50.7 Å². The van der Waals surface area contributed by atoms with E-state index in [1.165, 1.54) is 25.1 Å². The van der Waals surface area contributed by atoms with Crippen LogP contribution in [-0.2, 0) is 4.79 Å². The van der Waals surface area contributed by atoms with Crippen LogP contribution in [-0.4, -0.2) is 51.0 Å². The molecule has 0 amide bonds. The van der Waals surface area contributed by atoms with Gasteiger partial charge in [0.2, 0.25) is 0 Å². The van der Waals surface area contributed by atoms with E-state index in [1.54, 1.807) is 0 Å². The van der Waals surface area contributed by atoms with Gasteiger partial charge in [0.15, 0.2) is 0 Å². The van der Waals surface area contributed by atoms with Crippen molar-refractivity contribution in [1.29, 1.82) is 0 Å². The van der Waals surface area contributed by atoms with Crippen molar-refractivity contribution in [2.45, 2.75) is 18.8 Å². The van der Waals surface area contributed by atoms with Crippen molar-refractivity contribution in [3.63, 3.8) is 0 Å². The summed E-state index contributed by atoms with van der Waals surface area (Å²) in [4.78, 5) is 20.1. The molecule has 0 saturated carbocycles. The second-order valence-electron chi connectivity index (χ2n) is 6.37. The lowest BCUT2D eigenvalue weighted by Gasteiger charge is -2.29. The Labute approximate surface area is 157 Å². The van der Waals surface area contributed by atoms with Crippen LogP contribution in [0.4, 0.5) is 0 Å². The normalized spacial score (nSPS) is 17.5. The minimum atomic E-state index is -0.250. The number of carboxylic acid groups (broad SMARTS) is 1. The highest BCUT2D eigenvalue weighted by Gasteiger charge is 2.20. The maximum atomic E-state index is 8.36. The Morgan fingerprint density at radius 1 is 1.31 bits per heavy atom. The van der Waals surface area contributed by atoms with Gasteiger partial charge in [-0.1, -0.05) is 17.7 Å². The van der Waals surface area contributed by atoms with Crippen molar-refractivity contribution in [3.8, 4) is 11.4 Å². The third-order valence-electron chi connectivity index (χ3n) is 4.55. The van der Waals surface area contributed by atoms with Gasteiger partial charge in [0.25, 0.3) is 6.47 Å². The first-order valence-electron chi connectivity index (χ1n) is 8.48. The van der Waals surface area contributed by atoms with Gasteiger partial charge < -0.3 is 10.0 Å². The molecule has 3 aromatic heterocycles. The quantitative estimate of drug-likeness (QED) is 0.696. The zero-order valence-electron chi connectivity index (χ0n) is 14.5. The van der Waals surface area contributed by atoms with E-state index < -0.39 is 0 Å². The molecule has 1 aliphatic rings. The van der Waals surface area contributed by atoms with Gasteiger partial charge in [0.1, 0.15) is 5.65 Å². The highest BCUT2D eigenvalue weighted by molar-refractivity contribution is 6.30. The molecule has 1 saturated heterocycles. The molecule has 0 aromatic carbocycles. The lowest BCUT2D eigenvalue weighted by Crippen LogP contribution is -2.31. The number of hydrogen-bond acceptors (Lipinski definition) is 4. The number of halogens is 1. The summed E-state index contributed by atoms with van der Waals surface area (Å²) in [6, 6.07) is 10.1. The number of likely N-dealkylation sites (N-methyl/N-ethyl adjacent to an activating group) is 1. The van der Waals surface area contributed by atoms with Crippen LogP contribution < -0.4 is 0 Å². The molecule has 0 aliphatic carbocycles. The third kappa shape index (κ3) is 4.03. The summed E-state index contributed by atoms with van der Waals surface area (Å²) in [6.45, 7) is 2.01. The van der Waals surface area contributed by atoms with Crippen LogP contribution in [0.25, 0.3) is 17.0 Å². The second kappa shape index (κ2) is 8.29. The monoisotopic (exact) mass is 372 g/mol. The van der Waals surface area contributed by atoms with E-state index in [4.69, 9.17) is 26.5 Å². The van der Waals surface area contributed by atoms with Crippen LogP contribution in [0.1, 0.15) is 24.5 Å². The maximum Gasteiger partial charge on any atom is 0.290 e. The van der Waals surface area contributed by atoms with Gasteiger partial charge in [-0.2, -0.15) is 0 Å². The van der Waals surface area contributed by atoms with E-state index in [0.29, 0.717) is 10.9 Å². The molecular weight excluding hydrogens is 352 g/mol. The molecule has 1 N–H and O–H groups in total. The molecule has 1 aliphatic heterocycles. The molecule has 7 heteroatoms. The fraction of sp³-hybridized carbons (Fsp3) is 0.316. The molecular formula is C19H21ClN4O2. The van der Waals surface area contributed by atoms with E-state index in [0.717, 1.165) is 23.6 Å². The van der Waals surface area contributed by atoms with E-state index in [2.05, 4.69) is 29.1 Å². The van der Waals surface area contributed by atoms with Crippen molar-refractivity contribution in [2.75, 3.05) is 20.1 Å². The summed E-state index contributed by atoms with van der Waals surface area (Å²) in [5.41, 5.74) is 3.99. The molecule has 4 heterocycles. The molecule has 0 radical (unpaired) electrons. The molecule has 0 spiro atoms. The molecule has 1 fully saturated rings. The number of nitrogens with zero attached hydrogens (tertiary/aromatic N) is 4. The average Bonchev–Trinajstić information content (AvgIpc) is 3.05. The van der Waals surface area contributed by atoms with Gasteiger partial charge in [-0.3, -0.25) is 14.2 Å². The van der Waals surface area contributed by atoms with Crippen LogP contribution >= 0.6 is 11.6 Å². The number of rotatable bonds is 2. The molecule has 4 rings (SSSR count). The first kappa shape index (κ1) is 18.4. The number of carbonyl (C=O) groups is 1. The molecule has 1 atom stereocenters. The second-order valence-corrected chi connectivity index (χ2v) is 6.81. The standard InChI is InChI=1S/C18H19ClN4.CH2O2/c1-22-9-3-4-13(11-22)15-5-2-6-16(21-15)17-10-20-18-8-7-14(19)12-23(17)18;2-1-3/h2,5-8,10,12-13H,3-4,9,11H2,1H3;1H,(H,2,3). The Balaban J connectivity index is 0.000000613. The number of pyridine rings is 2. The van der Waals surface area contributed by atoms with E-state index >= 15 is 0 Å². The number of fused-ring (bicyclic) bond motifs is 1. The molecule has 6 nitrogen and oxygen atoms in total. The summed E-state index contributed by atoms with van der Waals surface area (Å²) >= 11 is 6.13. The SMILES string of the molecule is CN1CCCC(c2cccc(-c3cnc4ccc(Cl)cn34)n2)C1.O=CO. The first-order valence-corrected chi connectivity index (χ1v) is 8.86. The minimum Gasteiger partial charge on any atom is -0.483 e. The number of aromatic nitrogens is 3. The predicted octanol–water partition coefficient (Wildman–Crippen LogP) is 3.56. The summed E-state index contributed by atoms with van der Waals surface area (Å²) in [7, 11) is 2.18. The van der Waals surface area contributed by atoms with Crippen molar-refractivity contribution in [1.82, 2.24) is 19.3 Å². The zero-order valence-corrected chi connectivity index (χ0v) is 15.3. The van der Waals surface area contributed by atoms with Crippen LogP contribution in [0.2, 0.25) is 5.02 Å². The molecule has 26 heavy (non-hydrogen) atoms. The summed E-state index contributed by atoms with van der Waals surface area (Å²) < 4.78 is 2.00. The fourth-order valence-electron chi connectivity index (χ4n) is 3.37. The number of imidazole rings is 1. The lowest BCUT2D eigenvalue weighted by molar-refractivity contribution is -0.122. The Kier molecular flexibility index (Phi) is 5.85. The number of likely N-dealkylation sites (tertiary alicyclic amines) is 1. The lowest BCUT2D eigenvalue weighted by atomic mass is 9.94. The van der Waals surface area contributed by atoms with Crippen molar-refractivity contribution < 1.29 is 9.90 Å². The highest BCUT2D eigenvalue weighted by Crippen LogP contribution is 2.27. The van der Waals surface area contributed by atoms with Crippen molar-refractivity contribution in [3.05, 3.63) is 53.4 Å². The van der Waals surface area contributed by atoms with E-state index in [1.807, 2.05) is 35.0 Å². The summed E-state index contributed by atoms with van der Waals surface area (Å²) in [5, 5.41) is 7.59. The van der Waals surface area contributed by atoms with Gasteiger partial charge >= 0.3 is 0 Å². The van der Waals surface area contributed by atoms with Crippen LogP contribution in [0.15, 0.2) is 42.7 Å². The first-order chi connectivity index (χ1) is 12.6. The molecule has 136 valence electrons. The predicted molar refractivity (Wildman–Crippen MR) is 102 cm³/mol. The van der Waals surface area contributed by atoms with Gasteiger partial charge in [-0.15, -0.1) is 0 Å². The Morgan fingerprint density at radius 3 is 2.88 bits per heavy atom.